The fraction of sp³-hybridized carbons (Fsp3) is 0.154. The Bertz CT molecular complexity index is 642. The van der Waals surface area contributed by atoms with Crippen molar-refractivity contribution in [2.45, 2.75) is 16.3 Å². The zero-order valence-electron chi connectivity index (χ0n) is 10.3. The van der Waals surface area contributed by atoms with E-state index >= 15 is 0 Å². The second-order valence-corrected chi connectivity index (χ2v) is 6.00. The molecule has 0 aliphatic carbocycles. The lowest BCUT2D eigenvalue weighted by Crippen LogP contribution is -2.04. The number of nitrogens with zero attached hydrogens (tertiary/aromatic N) is 2. The Morgan fingerprint density at radius 2 is 2.21 bits per heavy atom. The number of hydrogen-bond donors (Lipinski definition) is 2. The Morgan fingerprint density at radius 3 is 3.05 bits per heavy atom. The average Bonchev–Trinajstić information content (AvgIpc) is 2.45. The molecule has 96 valence electrons. The number of nitrogens with one attached hydrogen (secondary N) is 2. The summed E-state index contributed by atoms with van der Waals surface area (Å²) in [5, 5.41) is 12.6. The first-order valence-electron chi connectivity index (χ1n) is 5.76. The van der Waals surface area contributed by atoms with Crippen LogP contribution >= 0.6 is 23.5 Å². The van der Waals surface area contributed by atoms with E-state index in [4.69, 9.17) is 5.41 Å². The Balaban J connectivity index is 1.90. The van der Waals surface area contributed by atoms with Crippen LogP contribution in [0.25, 0.3) is 0 Å². The van der Waals surface area contributed by atoms with E-state index in [1.54, 1.807) is 24.2 Å². The molecule has 1 aliphatic rings. The molecule has 0 amide bonds. The highest BCUT2D eigenvalue weighted by molar-refractivity contribution is 8.13. The van der Waals surface area contributed by atoms with Crippen LogP contribution in [0.5, 0.6) is 0 Å². The highest BCUT2D eigenvalue weighted by Crippen LogP contribution is 2.42. The molecule has 4 nitrogen and oxygen atoms in total. The van der Waals surface area contributed by atoms with Crippen molar-refractivity contribution in [3.05, 3.63) is 36.2 Å². The van der Waals surface area contributed by atoms with Crippen molar-refractivity contribution in [3.8, 4) is 0 Å². The third-order valence-electron chi connectivity index (χ3n) is 2.78. The molecule has 0 unspecified atom stereocenters. The molecule has 1 aromatic heterocycles. The van der Waals surface area contributed by atoms with Gasteiger partial charge >= 0.3 is 0 Å². The van der Waals surface area contributed by atoms with Crippen molar-refractivity contribution in [2.24, 2.45) is 0 Å². The van der Waals surface area contributed by atoms with Crippen molar-refractivity contribution < 1.29 is 0 Å². The molecule has 0 atom stereocenters. The van der Waals surface area contributed by atoms with Crippen LogP contribution in [0.15, 0.2) is 40.5 Å². The maximum atomic E-state index is 7.75. The lowest BCUT2D eigenvalue weighted by atomic mass is 10.1. The summed E-state index contributed by atoms with van der Waals surface area (Å²) in [5.74, 6) is 0.803. The summed E-state index contributed by atoms with van der Waals surface area (Å²) in [5.41, 5.74) is 2.18. The Kier molecular flexibility index (Phi) is 3.44. The van der Waals surface area contributed by atoms with Gasteiger partial charge in [-0.3, -0.25) is 5.41 Å². The monoisotopic (exact) mass is 288 g/mol. The maximum Gasteiger partial charge on any atom is 0.163 e. The number of rotatable bonds is 2. The van der Waals surface area contributed by atoms with Gasteiger partial charge in [0.2, 0.25) is 0 Å². The molecule has 0 fully saturated rings. The van der Waals surface area contributed by atoms with Crippen molar-refractivity contribution in [2.75, 3.05) is 11.6 Å². The van der Waals surface area contributed by atoms with Gasteiger partial charge < -0.3 is 5.32 Å². The van der Waals surface area contributed by atoms with Crippen LogP contribution in [0.3, 0.4) is 0 Å². The molecule has 2 aromatic rings. The Morgan fingerprint density at radius 1 is 1.37 bits per heavy atom. The van der Waals surface area contributed by atoms with E-state index in [0.717, 1.165) is 27.0 Å². The zero-order valence-corrected chi connectivity index (χ0v) is 11.9. The molecular weight excluding hydrogens is 276 g/mol. The molecule has 2 N–H and O–H groups in total. The lowest BCUT2D eigenvalue weighted by molar-refractivity contribution is 1.05. The first-order chi connectivity index (χ1) is 9.26. The minimum Gasteiger partial charge on any atom is -0.337 e. The quantitative estimate of drug-likeness (QED) is 0.557. The molecule has 0 saturated carbocycles. The molecule has 19 heavy (non-hydrogen) atoms. The number of benzene rings is 1. The van der Waals surface area contributed by atoms with Gasteiger partial charge in [0.25, 0.3) is 0 Å². The molecular formula is C13H12N4S2. The van der Waals surface area contributed by atoms with Gasteiger partial charge in [0.1, 0.15) is 5.03 Å². The zero-order chi connectivity index (χ0) is 13.2. The van der Waals surface area contributed by atoms with Crippen LogP contribution in [-0.4, -0.2) is 21.3 Å². The van der Waals surface area contributed by atoms with Gasteiger partial charge in [0, 0.05) is 23.7 Å². The summed E-state index contributed by atoms with van der Waals surface area (Å²) in [4.78, 5) is 9.73. The van der Waals surface area contributed by atoms with Gasteiger partial charge in [0.05, 0.1) is 10.7 Å². The molecule has 0 radical (unpaired) electrons. The van der Waals surface area contributed by atoms with Gasteiger partial charge in [-0.2, -0.15) is 0 Å². The third-order valence-corrected chi connectivity index (χ3v) is 4.48. The Labute approximate surface area is 119 Å². The predicted octanol–water partition coefficient (Wildman–Crippen LogP) is 3.57. The van der Waals surface area contributed by atoms with Crippen LogP contribution in [-0.2, 0) is 6.42 Å². The van der Waals surface area contributed by atoms with Crippen LogP contribution in [0.2, 0.25) is 0 Å². The summed E-state index contributed by atoms with van der Waals surface area (Å²) in [6.07, 6.45) is 5.99. The van der Waals surface area contributed by atoms with Gasteiger partial charge in [-0.25, -0.2) is 9.97 Å². The van der Waals surface area contributed by atoms with E-state index < -0.39 is 0 Å². The van der Waals surface area contributed by atoms with E-state index in [2.05, 4.69) is 33.5 Å². The first-order valence-corrected chi connectivity index (χ1v) is 7.80. The van der Waals surface area contributed by atoms with E-state index in [1.165, 1.54) is 11.8 Å². The van der Waals surface area contributed by atoms with Crippen LogP contribution in [0.4, 0.5) is 11.5 Å². The molecule has 3 rings (SSSR count). The molecule has 1 aromatic carbocycles. The minimum atomic E-state index is 0.670. The average molecular weight is 288 g/mol. The van der Waals surface area contributed by atoms with Crippen LogP contribution in [0, 0.1) is 5.41 Å². The molecule has 0 bridgehead atoms. The maximum absolute atomic E-state index is 7.75. The number of hydrogen-bond acceptors (Lipinski definition) is 6. The van der Waals surface area contributed by atoms with E-state index in [0.29, 0.717) is 11.5 Å². The van der Waals surface area contributed by atoms with Crippen molar-refractivity contribution in [1.29, 1.82) is 5.41 Å². The van der Waals surface area contributed by atoms with E-state index in [9.17, 15) is 0 Å². The lowest BCUT2D eigenvalue weighted by Gasteiger charge is -2.19. The van der Waals surface area contributed by atoms with E-state index in [-0.39, 0.29) is 0 Å². The van der Waals surface area contributed by atoms with E-state index in [1.807, 2.05) is 6.26 Å². The smallest absolute Gasteiger partial charge is 0.163 e. The van der Waals surface area contributed by atoms with Crippen molar-refractivity contribution in [3.63, 3.8) is 0 Å². The molecule has 0 saturated heterocycles. The van der Waals surface area contributed by atoms with Crippen LogP contribution in [0.1, 0.15) is 5.56 Å². The standard InChI is InChI=1S/C13H12N4S2/c1-18-11(14)7-8-2-3-10-9(6-8)17-12-13(19-10)16-5-4-15-12/h2-6,14H,7H2,1H3,(H,15,17). The first kappa shape index (κ1) is 12.5. The predicted molar refractivity (Wildman–Crippen MR) is 80.8 cm³/mol. The summed E-state index contributed by atoms with van der Waals surface area (Å²) in [7, 11) is 0. The SMILES string of the molecule is CSC(=N)Cc1ccc2c(c1)Nc1nccnc1S2. The summed E-state index contributed by atoms with van der Waals surface area (Å²) in [6.45, 7) is 0. The summed E-state index contributed by atoms with van der Waals surface area (Å²) < 4.78 is 0. The van der Waals surface area contributed by atoms with Gasteiger partial charge in [0.15, 0.2) is 5.82 Å². The second-order valence-electron chi connectivity index (χ2n) is 4.07. The van der Waals surface area contributed by atoms with Crippen molar-refractivity contribution in [1.82, 2.24) is 9.97 Å². The Hall–Kier alpha value is -1.53. The molecule has 1 aliphatic heterocycles. The number of anilines is 2. The minimum absolute atomic E-state index is 0.670. The number of thioether (sulfide) groups is 1. The van der Waals surface area contributed by atoms with Gasteiger partial charge in [-0.05, 0) is 24.0 Å². The highest BCUT2D eigenvalue weighted by Gasteiger charge is 2.17. The number of fused-ring (bicyclic) bond motifs is 2. The van der Waals surface area contributed by atoms with Crippen LogP contribution < -0.4 is 5.32 Å². The second kappa shape index (κ2) is 5.22. The fourth-order valence-corrected chi connectivity index (χ4v) is 3.04. The summed E-state index contributed by atoms with van der Waals surface area (Å²) in [6, 6.07) is 6.23. The van der Waals surface area contributed by atoms with Gasteiger partial charge in [-0.1, -0.05) is 17.8 Å². The van der Waals surface area contributed by atoms with Gasteiger partial charge in [-0.15, -0.1) is 11.8 Å². The topological polar surface area (TPSA) is 61.7 Å². The third kappa shape index (κ3) is 2.59. The fourth-order valence-electron chi connectivity index (χ4n) is 1.85. The van der Waals surface area contributed by atoms with Crippen molar-refractivity contribution >= 4 is 40.1 Å². The number of aromatic nitrogens is 2. The highest BCUT2D eigenvalue weighted by atomic mass is 32.2. The largest absolute Gasteiger partial charge is 0.337 e. The molecule has 2 heterocycles. The normalized spacial score (nSPS) is 12.3. The molecule has 0 spiro atoms. The summed E-state index contributed by atoms with van der Waals surface area (Å²) >= 11 is 3.10. The molecule has 6 heteroatoms.